The van der Waals surface area contributed by atoms with E-state index in [4.69, 9.17) is 4.52 Å². The highest BCUT2D eigenvalue weighted by Crippen LogP contribution is 2.50. The number of benzene rings is 1. The lowest BCUT2D eigenvalue weighted by atomic mass is 9.76. The number of fused-ring (bicyclic) bond motifs is 2. The lowest BCUT2D eigenvalue weighted by molar-refractivity contribution is -0.127. The first-order valence-electron chi connectivity index (χ1n) is 7.97. The molecule has 1 aromatic heterocycles. The van der Waals surface area contributed by atoms with Gasteiger partial charge in [0.2, 0.25) is 0 Å². The van der Waals surface area contributed by atoms with Crippen LogP contribution in [0.25, 0.3) is 0 Å². The third kappa shape index (κ3) is 2.28. The van der Waals surface area contributed by atoms with Crippen LogP contribution in [0.3, 0.4) is 0 Å². The van der Waals surface area contributed by atoms with Crippen LogP contribution in [0.15, 0.2) is 37.0 Å². The largest absolute Gasteiger partial charge is 0.363 e. The molecule has 1 aliphatic heterocycles. The maximum Gasteiger partial charge on any atom is 0.363 e. The minimum atomic E-state index is -0.540. The fourth-order valence-corrected chi connectivity index (χ4v) is 4.31. The second-order valence-corrected chi connectivity index (χ2v) is 8.12. The van der Waals surface area contributed by atoms with E-state index < -0.39 is 28.7 Å². The fourth-order valence-electron chi connectivity index (χ4n) is 3.92. The molecule has 0 N–H and O–H groups in total. The Bertz CT molecular complexity index is 1000. The normalized spacial score (nSPS) is 24.0. The SMILES string of the molecule is Cn1oc(=O)c2c1N=C1CC(C)(C)C(=O)C1C2c1ccc(F)c(Br)c1. The quantitative estimate of drug-likeness (QED) is 0.724. The molecule has 0 bridgehead atoms. The van der Waals surface area contributed by atoms with Crippen LogP contribution in [0.2, 0.25) is 0 Å². The van der Waals surface area contributed by atoms with Crippen LogP contribution in [0.1, 0.15) is 37.3 Å². The Balaban J connectivity index is 2.00. The standard InChI is InChI=1S/C18H16BrFN2O3/c1-18(2)7-11-13(15(18)23)12(8-4-5-10(20)9(19)6-8)14-16(21-11)22(3)25-17(14)24/h4-6,12-13H,7H2,1-3H3. The smallest absolute Gasteiger partial charge is 0.334 e. The van der Waals surface area contributed by atoms with Gasteiger partial charge in [-0.05, 0) is 40.0 Å². The number of ketones is 1. The number of Topliss-reactive ketones (excluding diaryl/α,β-unsaturated/α-hetero) is 1. The summed E-state index contributed by atoms with van der Waals surface area (Å²) >= 11 is 3.19. The number of aryl methyl sites for hydroxylation is 1. The number of aromatic nitrogens is 1. The Hall–Kier alpha value is -2.02. The van der Waals surface area contributed by atoms with E-state index in [0.29, 0.717) is 27.8 Å². The number of carbonyl (C=O) groups is 1. The van der Waals surface area contributed by atoms with Gasteiger partial charge in [0.15, 0.2) is 5.82 Å². The molecular formula is C18H16BrFN2O3. The van der Waals surface area contributed by atoms with Gasteiger partial charge in [0.05, 0.1) is 16.0 Å². The topological polar surface area (TPSA) is 64.6 Å². The van der Waals surface area contributed by atoms with E-state index in [1.54, 1.807) is 19.2 Å². The third-order valence-corrected chi connectivity index (χ3v) is 5.71. The number of hydrogen-bond acceptors (Lipinski definition) is 4. The van der Waals surface area contributed by atoms with Crippen molar-refractivity contribution in [2.75, 3.05) is 0 Å². The van der Waals surface area contributed by atoms with Crippen molar-refractivity contribution in [2.45, 2.75) is 26.2 Å². The highest BCUT2D eigenvalue weighted by molar-refractivity contribution is 9.10. The minimum absolute atomic E-state index is 0.0469. The van der Waals surface area contributed by atoms with E-state index in [2.05, 4.69) is 20.9 Å². The molecule has 0 spiro atoms. The maximum absolute atomic E-state index is 13.7. The van der Waals surface area contributed by atoms with Crippen LogP contribution in [0, 0.1) is 17.2 Å². The van der Waals surface area contributed by atoms with Crippen molar-refractivity contribution in [1.29, 1.82) is 0 Å². The second kappa shape index (κ2) is 5.24. The van der Waals surface area contributed by atoms with Gasteiger partial charge >= 0.3 is 5.63 Å². The number of aliphatic imine (C=N–C) groups is 1. The predicted molar refractivity (Wildman–Crippen MR) is 93.9 cm³/mol. The summed E-state index contributed by atoms with van der Waals surface area (Å²) in [6.07, 6.45) is 0.536. The van der Waals surface area contributed by atoms with Gasteiger partial charge < -0.3 is 4.52 Å². The Labute approximate surface area is 151 Å². The second-order valence-electron chi connectivity index (χ2n) is 7.27. The summed E-state index contributed by atoms with van der Waals surface area (Å²) in [4.78, 5) is 30.0. The van der Waals surface area contributed by atoms with Crippen molar-refractivity contribution >= 4 is 33.2 Å². The molecule has 2 heterocycles. The molecule has 1 fully saturated rings. The molecule has 2 atom stereocenters. The summed E-state index contributed by atoms with van der Waals surface area (Å²) in [6, 6.07) is 4.57. The Morgan fingerprint density at radius 2 is 2.04 bits per heavy atom. The van der Waals surface area contributed by atoms with Crippen LogP contribution in [0.5, 0.6) is 0 Å². The average Bonchev–Trinajstić information content (AvgIpc) is 2.94. The number of carbonyl (C=O) groups excluding carboxylic acids is 1. The lowest BCUT2D eigenvalue weighted by Gasteiger charge is -2.26. The highest BCUT2D eigenvalue weighted by Gasteiger charge is 2.52. The van der Waals surface area contributed by atoms with Crippen LogP contribution in [-0.4, -0.2) is 16.2 Å². The molecule has 2 aromatic rings. The zero-order valence-electron chi connectivity index (χ0n) is 14.0. The summed E-state index contributed by atoms with van der Waals surface area (Å²) in [5.41, 5.74) is 0.756. The molecule has 4 rings (SSSR count). The number of rotatable bonds is 1. The van der Waals surface area contributed by atoms with Crippen molar-refractivity contribution in [1.82, 2.24) is 4.74 Å². The molecule has 0 saturated heterocycles. The molecule has 0 amide bonds. The van der Waals surface area contributed by atoms with Crippen molar-refractivity contribution < 1.29 is 13.7 Å². The molecule has 1 saturated carbocycles. The van der Waals surface area contributed by atoms with Crippen molar-refractivity contribution in [3.63, 3.8) is 0 Å². The fraction of sp³-hybridized carbons (Fsp3) is 0.389. The predicted octanol–water partition coefficient (Wildman–Crippen LogP) is 3.71. The zero-order chi connectivity index (χ0) is 18.1. The number of halogens is 2. The van der Waals surface area contributed by atoms with Crippen LogP contribution in [-0.2, 0) is 11.8 Å². The molecule has 7 heteroatoms. The van der Waals surface area contributed by atoms with Gasteiger partial charge in [0, 0.05) is 24.1 Å². The van der Waals surface area contributed by atoms with E-state index in [0.717, 1.165) is 5.71 Å². The Morgan fingerprint density at radius 1 is 1.32 bits per heavy atom. The van der Waals surface area contributed by atoms with E-state index in [1.807, 2.05) is 13.8 Å². The zero-order valence-corrected chi connectivity index (χ0v) is 15.6. The lowest BCUT2D eigenvalue weighted by Crippen LogP contribution is -2.32. The first kappa shape index (κ1) is 16.4. The minimum Gasteiger partial charge on any atom is -0.334 e. The summed E-state index contributed by atoms with van der Waals surface area (Å²) in [5.74, 6) is -0.957. The van der Waals surface area contributed by atoms with Crippen LogP contribution < -0.4 is 5.63 Å². The Kier molecular flexibility index (Phi) is 3.45. The highest BCUT2D eigenvalue weighted by atomic mass is 79.9. The first-order valence-corrected chi connectivity index (χ1v) is 8.77. The van der Waals surface area contributed by atoms with E-state index in [9.17, 15) is 14.0 Å². The number of hydrogen-bond donors (Lipinski definition) is 0. The summed E-state index contributed by atoms with van der Waals surface area (Å²) < 4.78 is 20.5. The van der Waals surface area contributed by atoms with Crippen molar-refractivity contribution in [3.05, 3.63) is 50.0 Å². The van der Waals surface area contributed by atoms with Gasteiger partial charge in [0.25, 0.3) is 0 Å². The molecule has 1 aromatic carbocycles. The Morgan fingerprint density at radius 3 is 2.72 bits per heavy atom. The van der Waals surface area contributed by atoms with Crippen molar-refractivity contribution in [3.8, 4) is 0 Å². The molecule has 130 valence electrons. The van der Waals surface area contributed by atoms with Gasteiger partial charge in [-0.25, -0.2) is 14.2 Å². The molecule has 1 aliphatic carbocycles. The number of nitrogens with zero attached hydrogens (tertiary/aromatic N) is 2. The monoisotopic (exact) mass is 406 g/mol. The summed E-state index contributed by atoms with van der Waals surface area (Å²) in [5, 5.41) is 0. The third-order valence-electron chi connectivity index (χ3n) is 5.11. The summed E-state index contributed by atoms with van der Waals surface area (Å²) in [6.45, 7) is 3.78. The van der Waals surface area contributed by atoms with Gasteiger partial charge in [-0.15, -0.1) is 0 Å². The van der Waals surface area contributed by atoms with Gasteiger partial charge in [-0.1, -0.05) is 19.9 Å². The molecular weight excluding hydrogens is 391 g/mol. The van der Waals surface area contributed by atoms with Gasteiger partial charge in [-0.2, -0.15) is 4.74 Å². The van der Waals surface area contributed by atoms with Crippen molar-refractivity contribution in [2.24, 2.45) is 23.4 Å². The average molecular weight is 407 g/mol. The molecule has 25 heavy (non-hydrogen) atoms. The first-order chi connectivity index (χ1) is 11.7. The van der Waals surface area contributed by atoms with Crippen LogP contribution >= 0.6 is 15.9 Å². The van der Waals surface area contributed by atoms with E-state index in [-0.39, 0.29) is 5.78 Å². The van der Waals surface area contributed by atoms with E-state index in [1.165, 1.54) is 10.8 Å². The summed E-state index contributed by atoms with van der Waals surface area (Å²) in [7, 11) is 1.62. The van der Waals surface area contributed by atoms with E-state index >= 15 is 0 Å². The molecule has 2 aliphatic rings. The molecule has 2 unspecified atom stereocenters. The molecule has 0 radical (unpaired) electrons. The van der Waals surface area contributed by atoms with Crippen LogP contribution in [0.4, 0.5) is 10.2 Å². The van der Waals surface area contributed by atoms with Gasteiger partial charge in [0.1, 0.15) is 11.6 Å². The van der Waals surface area contributed by atoms with Gasteiger partial charge in [-0.3, -0.25) is 4.79 Å². The molecule has 5 nitrogen and oxygen atoms in total. The maximum atomic E-state index is 13.7.